The molecule has 2 aliphatic carbocycles. The largest absolute Gasteiger partial charge is 0.480 e. The molecule has 3 fully saturated rings. The molecule has 0 spiro atoms. The number of carboxylic acids is 1. The van der Waals surface area contributed by atoms with Crippen molar-refractivity contribution in [2.75, 3.05) is 6.54 Å². The zero-order valence-electron chi connectivity index (χ0n) is 11.0. The standard InChI is InChI=1S/C14H24N2O2/c15-14(13(17)18)7-6-11(9-14)16-8-2-4-10-3-1-5-12(10)16/h10-12H,1-9,15H2,(H,17,18). The predicted octanol–water partition coefficient (Wildman–Crippen LogP) is 1.59. The molecule has 4 nitrogen and oxygen atoms in total. The van der Waals surface area contributed by atoms with Gasteiger partial charge in [0, 0.05) is 12.1 Å². The number of nitrogens with zero attached hydrogens (tertiary/aromatic N) is 1. The maximum absolute atomic E-state index is 11.2. The number of hydrogen-bond donors (Lipinski definition) is 2. The van der Waals surface area contributed by atoms with Gasteiger partial charge in [0.1, 0.15) is 5.54 Å². The second kappa shape index (κ2) is 4.49. The summed E-state index contributed by atoms with van der Waals surface area (Å²) in [6.07, 6.45) is 8.94. The Morgan fingerprint density at radius 3 is 2.72 bits per heavy atom. The molecule has 3 rings (SSSR count). The number of piperidine rings is 1. The van der Waals surface area contributed by atoms with Crippen LogP contribution >= 0.6 is 0 Å². The van der Waals surface area contributed by atoms with Gasteiger partial charge in [0.05, 0.1) is 0 Å². The molecular weight excluding hydrogens is 228 g/mol. The first-order valence-corrected chi connectivity index (χ1v) is 7.38. The van der Waals surface area contributed by atoms with Gasteiger partial charge in [0.25, 0.3) is 0 Å². The number of fused-ring (bicyclic) bond motifs is 1. The van der Waals surface area contributed by atoms with Crippen LogP contribution < -0.4 is 5.73 Å². The van der Waals surface area contributed by atoms with Gasteiger partial charge in [0.15, 0.2) is 0 Å². The van der Waals surface area contributed by atoms with E-state index in [0.717, 1.165) is 24.9 Å². The van der Waals surface area contributed by atoms with E-state index < -0.39 is 11.5 Å². The first-order valence-electron chi connectivity index (χ1n) is 7.38. The molecule has 1 saturated heterocycles. The van der Waals surface area contributed by atoms with E-state index in [0.29, 0.717) is 18.9 Å². The fourth-order valence-corrected chi connectivity index (χ4v) is 4.47. The molecule has 0 aromatic heterocycles. The summed E-state index contributed by atoms with van der Waals surface area (Å²) in [4.78, 5) is 13.8. The smallest absolute Gasteiger partial charge is 0.323 e. The molecule has 18 heavy (non-hydrogen) atoms. The van der Waals surface area contributed by atoms with Crippen molar-refractivity contribution in [3.05, 3.63) is 0 Å². The van der Waals surface area contributed by atoms with Crippen LogP contribution in [-0.2, 0) is 4.79 Å². The van der Waals surface area contributed by atoms with E-state index in [1.807, 2.05) is 0 Å². The summed E-state index contributed by atoms with van der Waals surface area (Å²) >= 11 is 0. The molecule has 3 N–H and O–H groups in total. The molecule has 0 amide bonds. The summed E-state index contributed by atoms with van der Waals surface area (Å²) in [5.74, 6) is 0.0568. The zero-order valence-corrected chi connectivity index (χ0v) is 11.0. The van der Waals surface area contributed by atoms with Gasteiger partial charge in [-0.3, -0.25) is 9.69 Å². The molecule has 0 aromatic carbocycles. The van der Waals surface area contributed by atoms with E-state index in [1.165, 1.54) is 32.1 Å². The highest BCUT2D eigenvalue weighted by Crippen LogP contribution is 2.41. The van der Waals surface area contributed by atoms with Crippen LogP contribution in [0.3, 0.4) is 0 Å². The van der Waals surface area contributed by atoms with E-state index in [-0.39, 0.29) is 0 Å². The number of hydrogen-bond acceptors (Lipinski definition) is 3. The maximum Gasteiger partial charge on any atom is 0.323 e. The number of nitrogens with two attached hydrogens (primary N) is 1. The Morgan fingerprint density at radius 2 is 2.00 bits per heavy atom. The fraction of sp³-hybridized carbons (Fsp3) is 0.929. The summed E-state index contributed by atoms with van der Waals surface area (Å²) in [5.41, 5.74) is 5.05. The highest BCUT2D eigenvalue weighted by atomic mass is 16.4. The van der Waals surface area contributed by atoms with Crippen LogP contribution in [0.1, 0.15) is 51.4 Å². The summed E-state index contributed by atoms with van der Waals surface area (Å²) in [6, 6.07) is 1.14. The normalized spacial score (nSPS) is 45.1. The predicted molar refractivity (Wildman–Crippen MR) is 69.3 cm³/mol. The van der Waals surface area contributed by atoms with Gasteiger partial charge in [-0.25, -0.2) is 0 Å². The molecular formula is C14H24N2O2. The zero-order chi connectivity index (χ0) is 12.8. The van der Waals surface area contributed by atoms with Crippen LogP contribution in [0.5, 0.6) is 0 Å². The lowest BCUT2D eigenvalue weighted by atomic mass is 9.90. The molecule has 4 atom stereocenters. The Bertz CT molecular complexity index is 347. The minimum absolute atomic E-state index is 0.414. The Morgan fingerprint density at radius 1 is 1.22 bits per heavy atom. The SMILES string of the molecule is NC1(C(=O)O)CCC(N2CCCC3CCCC32)C1. The lowest BCUT2D eigenvalue weighted by molar-refractivity contribution is -0.143. The van der Waals surface area contributed by atoms with Crippen molar-refractivity contribution in [1.29, 1.82) is 0 Å². The molecule has 1 heterocycles. The van der Waals surface area contributed by atoms with Crippen molar-refractivity contribution < 1.29 is 9.90 Å². The van der Waals surface area contributed by atoms with Gasteiger partial charge in [-0.05, 0) is 57.4 Å². The molecule has 4 heteroatoms. The second-order valence-corrected chi connectivity index (χ2v) is 6.50. The minimum atomic E-state index is -0.962. The molecule has 4 unspecified atom stereocenters. The van der Waals surface area contributed by atoms with Crippen molar-refractivity contribution in [2.24, 2.45) is 11.7 Å². The Balaban J connectivity index is 1.70. The van der Waals surface area contributed by atoms with Crippen LogP contribution in [-0.4, -0.2) is 40.1 Å². The number of rotatable bonds is 2. The topological polar surface area (TPSA) is 66.6 Å². The molecule has 0 aromatic rings. The number of likely N-dealkylation sites (tertiary alicyclic amines) is 1. The van der Waals surface area contributed by atoms with E-state index in [1.54, 1.807) is 0 Å². The number of carbonyl (C=O) groups is 1. The van der Waals surface area contributed by atoms with E-state index in [2.05, 4.69) is 4.90 Å². The van der Waals surface area contributed by atoms with Crippen LogP contribution in [0.2, 0.25) is 0 Å². The minimum Gasteiger partial charge on any atom is -0.480 e. The quantitative estimate of drug-likeness (QED) is 0.783. The first kappa shape index (κ1) is 12.4. The Labute approximate surface area is 109 Å². The van der Waals surface area contributed by atoms with Crippen LogP contribution in [0, 0.1) is 5.92 Å². The van der Waals surface area contributed by atoms with E-state index >= 15 is 0 Å². The average molecular weight is 252 g/mol. The van der Waals surface area contributed by atoms with Crippen molar-refractivity contribution in [2.45, 2.75) is 69.0 Å². The molecule has 0 bridgehead atoms. The summed E-state index contributed by atoms with van der Waals surface area (Å²) in [7, 11) is 0. The van der Waals surface area contributed by atoms with Gasteiger partial charge >= 0.3 is 5.97 Å². The van der Waals surface area contributed by atoms with Gasteiger partial charge in [-0.15, -0.1) is 0 Å². The van der Waals surface area contributed by atoms with Gasteiger partial charge in [-0.1, -0.05) is 6.42 Å². The fourth-order valence-electron chi connectivity index (χ4n) is 4.47. The molecule has 3 aliphatic rings. The Kier molecular flexibility index (Phi) is 3.10. The Hall–Kier alpha value is -0.610. The van der Waals surface area contributed by atoms with Gasteiger partial charge < -0.3 is 10.8 Å². The summed E-state index contributed by atoms with van der Waals surface area (Å²) in [6.45, 7) is 1.15. The van der Waals surface area contributed by atoms with Crippen molar-refractivity contribution in [3.63, 3.8) is 0 Å². The highest BCUT2D eigenvalue weighted by molar-refractivity contribution is 5.79. The molecule has 2 saturated carbocycles. The van der Waals surface area contributed by atoms with Gasteiger partial charge in [-0.2, -0.15) is 0 Å². The number of aliphatic carboxylic acids is 1. The van der Waals surface area contributed by atoms with Crippen LogP contribution in [0.4, 0.5) is 0 Å². The summed E-state index contributed by atoms with van der Waals surface area (Å²) < 4.78 is 0. The maximum atomic E-state index is 11.2. The van der Waals surface area contributed by atoms with Crippen LogP contribution in [0.25, 0.3) is 0 Å². The molecule has 1 aliphatic heterocycles. The second-order valence-electron chi connectivity index (χ2n) is 6.50. The van der Waals surface area contributed by atoms with Crippen molar-refractivity contribution in [1.82, 2.24) is 4.90 Å². The van der Waals surface area contributed by atoms with Gasteiger partial charge in [0.2, 0.25) is 0 Å². The van der Waals surface area contributed by atoms with Crippen LogP contribution in [0.15, 0.2) is 0 Å². The number of carboxylic acid groups (broad SMARTS) is 1. The third-order valence-corrected chi connectivity index (χ3v) is 5.45. The third-order valence-electron chi connectivity index (χ3n) is 5.45. The summed E-state index contributed by atoms with van der Waals surface area (Å²) in [5, 5.41) is 9.23. The van der Waals surface area contributed by atoms with Crippen molar-refractivity contribution >= 4 is 5.97 Å². The first-order chi connectivity index (χ1) is 8.60. The molecule has 0 radical (unpaired) electrons. The van der Waals surface area contributed by atoms with E-state index in [9.17, 15) is 9.90 Å². The monoisotopic (exact) mass is 252 g/mol. The lowest BCUT2D eigenvalue weighted by Gasteiger charge is -2.42. The third kappa shape index (κ3) is 1.95. The molecule has 102 valence electrons. The van der Waals surface area contributed by atoms with E-state index in [4.69, 9.17) is 5.73 Å². The highest BCUT2D eigenvalue weighted by Gasteiger charge is 2.47. The lowest BCUT2D eigenvalue weighted by Crippen LogP contribution is -2.51. The average Bonchev–Trinajstić information content (AvgIpc) is 2.95. The van der Waals surface area contributed by atoms with Crippen molar-refractivity contribution in [3.8, 4) is 0 Å².